The lowest BCUT2D eigenvalue weighted by molar-refractivity contribution is -0.126. The minimum Gasteiger partial charge on any atom is -0.497 e. The molecule has 1 aliphatic rings. The predicted octanol–water partition coefficient (Wildman–Crippen LogP) is 6.17. The van der Waals surface area contributed by atoms with Crippen molar-refractivity contribution in [2.24, 2.45) is 0 Å². The molecule has 0 N–H and O–H groups in total. The van der Waals surface area contributed by atoms with Crippen molar-refractivity contribution >= 4 is 11.6 Å². The smallest absolute Gasteiger partial charge is 0.237 e. The van der Waals surface area contributed by atoms with Crippen LogP contribution in [0.1, 0.15) is 28.7 Å². The Bertz CT molecular complexity index is 1410. The number of hydrogen-bond donors (Lipinski definition) is 0. The molecule has 0 aliphatic carbocycles. The van der Waals surface area contributed by atoms with Gasteiger partial charge in [0.1, 0.15) is 18.1 Å². The molecule has 0 bridgehead atoms. The summed E-state index contributed by atoms with van der Waals surface area (Å²) in [6.45, 7) is 0.447. The van der Waals surface area contributed by atoms with Crippen molar-refractivity contribution in [1.82, 2.24) is 0 Å². The Hall–Kier alpha value is -4.65. The van der Waals surface area contributed by atoms with Gasteiger partial charge in [0.15, 0.2) is 11.5 Å². The molecule has 0 aromatic heterocycles. The molecule has 4 aromatic carbocycles. The Morgan fingerprint density at radius 1 is 0.667 bits per heavy atom. The standard InChI is InChI=1S/C32H31NO6/c1-35-25-15-13-22(14-16-25)30-29(23-11-8-12-26(17-23)39-20-21-9-6-5-7-10-21)32(34)33(30)24-18-27(36-2)31(38-4)28(19-24)37-3/h5-19,29-30H,20H2,1-4H3/t29-,30-/m1/s1. The van der Waals surface area contributed by atoms with E-state index in [-0.39, 0.29) is 11.9 Å². The summed E-state index contributed by atoms with van der Waals surface area (Å²) in [7, 11) is 6.30. The van der Waals surface area contributed by atoms with E-state index in [0.29, 0.717) is 35.3 Å². The van der Waals surface area contributed by atoms with Crippen LogP contribution in [0.15, 0.2) is 91.0 Å². The van der Waals surface area contributed by atoms with Crippen LogP contribution in [0.2, 0.25) is 0 Å². The minimum atomic E-state index is -0.405. The Labute approximate surface area is 228 Å². The number of anilines is 1. The summed E-state index contributed by atoms with van der Waals surface area (Å²) in [4.78, 5) is 15.6. The number of ether oxygens (including phenoxy) is 5. The molecule has 1 fully saturated rings. The number of rotatable bonds is 10. The molecule has 39 heavy (non-hydrogen) atoms. The molecule has 5 rings (SSSR count). The fourth-order valence-electron chi connectivity index (χ4n) is 4.99. The third kappa shape index (κ3) is 5.08. The van der Waals surface area contributed by atoms with E-state index in [2.05, 4.69) is 0 Å². The summed E-state index contributed by atoms with van der Waals surface area (Å²) < 4.78 is 28.0. The monoisotopic (exact) mass is 525 g/mol. The van der Waals surface area contributed by atoms with Gasteiger partial charge in [-0.3, -0.25) is 4.79 Å². The number of amides is 1. The highest BCUT2D eigenvalue weighted by Gasteiger charge is 2.50. The quantitative estimate of drug-likeness (QED) is 0.231. The van der Waals surface area contributed by atoms with E-state index in [0.717, 1.165) is 22.4 Å². The van der Waals surface area contributed by atoms with Crippen LogP contribution >= 0.6 is 0 Å². The van der Waals surface area contributed by atoms with Gasteiger partial charge in [0.25, 0.3) is 0 Å². The molecule has 200 valence electrons. The Kier molecular flexibility index (Phi) is 7.59. The largest absolute Gasteiger partial charge is 0.497 e. The van der Waals surface area contributed by atoms with Gasteiger partial charge in [-0.2, -0.15) is 0 Å². The maximum Gasteiger partial charge on any atom is 0.237 e. The van der Waals surface area contributed by atoms with Crippen LogP contribution in [0.5, 0.6) is 28.7 Å². The van der Waals surface area contributed by atoms with E-state index in [4.69, 9.17) is 23.7 Å². The lowest BCUT2D eigenvalue weighted by Gasteiger charge is -2.48. The van der Waals surface area contributed by atoms with Crippen LogP contribution in [0, 0.1) is 0 Å². The van der Waals surface area contributed by atoms with Gasteiger partial charge in [0.05, 0.1) is 46.1 Å². The van der Waals surface area contributed by atoms with Gasteiger partial charge in [-0.1, -0.05) is 54.6 Å². The van der Waals surface area contributed by atoms with E-state index in [9.17, 15) is 4.79 Å². The number of methoxy groups -OCH3 is 4. The summed E-state index contributed by atoms with van der Waals surface area (Å²) >= 11 is 0. The first-order valence-electron chi connectivity index (χ1n) is 12.6. The SMILES string of the molecule is COc1ccc([C@@H]2[C@@H](c3cccc(OCc4ccccc4)c3)C(=O)N2c2cc(OC)c(OC)c(OC)c2)cc1. The number of nitrogens with zero attached hydrogens (tertiary/aromatic N) is 1. The van der Waals surface area contributed by atoms with E-state index in [1.807, 2.05) is 78.9 Å². The molecule has 7 heteroatoms. The fourth-order valence-corrected chi connectivity index (χ4v) is 4.99. The van der Waals surface area contributed by atoms with Crippen molar-refractivity contribution in [2.45, 2.75) is 18.6 Å². The second kappa shape index (κ2) is 11.4. The molecule has 1 heterocycles. The minimum absolute atomic E-state index is 0.0368. The molecule has 0 radical (unpaired) electrons. The molecular weight excluding hydrogens is 494 g/mol. The van der Waals surface area contributed by atoms with Gasteiger partial charge in [0.2, 0.25) is 11.7 Å². The molecule has 1 saturated heterocycles. The molecule has 0 spiro atoms. The summed E-state index contributed by atoms with van der Waals surface area (Å²) in [5.41, 5.74) is 3.59. The van der Waals surface area contributed by atoms with Crippen molar-refractivity contribution in [3.63, 3.8) is 0 Å². The zero-order chi connectivity index (χ0) is 27.4. The second-order valence-electron chi connectivity index (χ2n) is 9.13. The number of β-lactam (4-membered cyclic amide) rings is 1. The molecule has 1 aliphatic heterocycles. The normalized spacial score (nSPS) is 16.3. The first kappa shape index (κ1) is 26.0. The fraction of sp³-hybridized carbons (Fsp3) is 0.219. The van der Waals surface area contributed by atoms with Crippen molar-refractivity contribution in [3.05, 3.63) is 108 Å². The van der Waals surface area contributed by atoms with E-state index in [1.165, 1.54) is 0 Å². The molecule has 4 aromatic rings. The van der Waals surface area contributed by atoms with E-state index < -0.39 is 5.92 Å². The number of benzene rings is 4. The first-order valence-corrected chi connectivity index (χ1v) is 12.6. The van der Waals surface area contributed by atoms with Crippen LogP contribution in [0.3, 0.4) is 0 Å². The van der Waals surface area contributed by atoms with Crippen molar-refractivity contribution < 1.29 is 28.5 Å². The molecule has 0 unspecified atom stereocenters. The Morgan fingerprint density at radius 2 is 1.36 bits per heavy atom. The second-order valence-corrected chi connectivity index (χ2v) is 9.13. The topological polar surface area (TPSA) is 66.5 Å². The number of hydrogen-bond acceptors (Lipinski definition) is 6. The molecule has 7 nitrogen and oxygen atoms in total. The number of carbonyl (C=O) groups is 1. The maximum atomic E-state index is 13.9. The highest BCUT2D eigenvalue weighted by molar-refractivity contribution is 6.07. The average Bonchev–Trinajstić information content (AvgIpc) is 2.99. The van der Waals surface area contributed by atoms with E-state index >= 15 is 0 Å². The first-order chi connectivity index (χ1) is 19.1. The zero-order valence-electron chi connectivity index (χ0n) is 22.4. The number of carbonyl (C=O) groups excluding carboxylic acids is 1. The highest BCUT2D eigenvalue weighted by atomic mass is 16.5. The van der Waals surface area contributed by atoms with Gasteiger partial charge in [-0.15, -0.1) is 0 Å². The Morgan fingerprint density at radius 3 is 1.97 bits per heavy atom. The third-order valence-corrected chi connectivity index (χ3v) is 6.95. The van der Waals surface area contributed by atoms with Crippen molar-refractivity contribution in [1.29, 1.82) is 0 Å². The molecule has 1 amide bonds. The van der Waals surface area contributed by atoms with Gasteiger partial charge < -0.3 is 28.6 Å². The average molecular weight is 526 g/mol. The zero-order valence-corrected chi connectivity index (χ0v) is 22.4. The van der Waals surface area contributed by atoms with Gasteiger partial charge >= 0.3 is 0 Å². The van der Waals surface area contributed by atoms with Gasteiger partial charge in [-0.05, 0) is 41.0 Å². The van der Waals surface area contributed by atoms with Gasteiger partial charge in [0, 0.05) is 12.1 Å². The lowest BCUT2D eigenvalue weighted by atomic mass is 9.77. The van der Waals surface area contributed by atoms with Crippen LogP contribution in [0.4, 0.5) is 5.69 Å². The summed E-state index contributed by atoms with van der Waals surface area (Å²) in [6.07, 6.45) is 0. The van der Waals surface area contributed by atoms with E-state index in [1.54, 1.807) is 45.5 Å². The lowest BCUT2D eigenvalue weighted by Crippen LogP contribution is -2.53. The highest BCUT2D eigenvalue weighted by Crippen LogP contribution is 2.52. The molecular formula is C32H31NO6. The van der Waals surface area contributed by atoms with Crippen LogP contribution < -0.4 is 28.6 Å². The summed E-state index contributed by atoms with van der Waals surface area (Å²) in [6, 6.07) is 28.9. The van der Waals surface area contributed by atoms with Crippen molar-refractivity contribution in [2.75, 3.05) is 33.3 Å². The third-order valence-electron chi connectivity index (χ3n) is 6.95. The van der Waals surface area contributed by atoms with Crippen LogP contribution in [-0.4, -0.2) is 34.3 Å². The van der Waals surface area contributed by atoms with Crippen molar-refractivity contribution in [3.8, 4) is 28.7 Å². The Balaban J connectivity index is 1.51. The van der Waals surface area contributed by atoms with Crippen LogP contribution in [0.25, 0.3) is 0 Å². The van der Waals surface area contributed by atoms with Gasteiger partial charge in [-0.25, -0.2) is 0 Å². The summed E-state index contributed by atoms with van der Waals surface area (Å²) in [5.74, 6) is 2.45. The molecule has 2 atom stereocenters. The predicted molar refractivity (Wildman–Crippen MR) is 149 cm³/mol. The maximum absolute atomic E-state index is 13.9. The summed E-state index contributed by atoms with van der Waals surface area (Å²) in [5, 5.41) is 0. The molecule has 0 saturated carbocycles. The van der Waals surface area contributed by atoms with Crippen LogP contribution in [-0.2, 0) is 11.4 Å².